The number of esters is 2. The van der Waals surface area contributed by atoms with Crippen LogP contribution in [0.15, 0.2) is 0 Å². The van der Waals surface area contributed by atoms with Crippen LogP contribution in [0, 0.1) is 0 Å². The van der Waals surface area contributed by atoms with Gasteiger partial charge in [-0.05, 0) is 41.5 Å². The predicted molar refractivity (Wildman–Crippen MR) is 115 cm³/mol. The van der Waals surface area contributed by atoms with Gasteiger partial charge >= 0.3 is 24.1 Å². The highest BCUT2D eigenvalue weighted by atomic mass is 33.1. The summed E-state index contributed by atoms with van der Waals surface area (Å²) in [4.78, 5) is 47.7. The molecule has 0 aliphatic rings. The van der Waals surface area contributed by atoms with Crippen molar-refractivity contribution in [1.29, 1.82) is 0 Å². The predicted octanol–water partition coefficient (Wildman–Crippen LogP) is 2.50. The van der Waals surface area contributed by atoms with Gasteiger partial charge in [-0.2, -0.15) is 0 Å². The molecule has 0 aliphatic heterocycles. The second kappa shape index (κ2) is 12.8. The van der Waals surface area contributed by atoms with Crippen LogP contribution in [0.25, 0.3) is 0 Å². The lowest BCUT2D eigenvalue weighted by molar-refractivity contribution is -0.143. The first-order chi connectivity index (χ1) is 13.7. The van der Waals surface area contributed by atoms with Crippen molar-refractivity contribution < 1.29 is 38.1 Å². The second-order valence-electron chi connectivity index (χ2n) is 8.01. The van der Waals surface area contributed by atoms with E-state index in [-0.39, 0.29) is 11.5 Å². The Balaban J connectivity index is 4.74. The number of carbonyl (C=O) groups is 4. The quantitative estimate of drug-likeness (QED) is 0.225. The molecule has 0 saturated heterocycles. The first kappa shape index (κ1) is 28.2. The number of alkyl carbamates (subject to hydrolysis) is 2. The molecule has 0 bridgehead atoms. The summed E-state index contributed by atoms with van der Waals surface area (Å²) in [7, 11) is 4.83. The van der Waals surface area contributed by atoms with Crippen molar-refractivity contribution in [2.75, 3.05) is 25.7 Å². The Hall–Kier alpha value is -1.82. The van der Waals surface area contributed by atoms with E-state index in [0.717, 1.165) is 0 Å². The maximum absolute atomic E-state index is 11.9. The maximum Gasteiger partial charge on any atom is 0.408 e. The van der Waals surface area contributed by atoms with Gasteiger partial charge in [-0.3, -0.25) is 0 Å². The minimum absolute atomic E-state index is 0.150. The van der Waals surface area contributed by atoms with Crippen LogP contribution in [0.2, 0.25) is 0 Å². The van der Waals surface area contributed by atoms with Gasteiger partial charge in [-0.1, -0.05) is 21.6 Å². The van der Waals surface area contributed by atoms with Gasteiger partial charge in [0, 0.05) is 11.5 Å². The largest absolute Gasteiger partial charge is 0.467 e. The van der Waals surface area contributed by atoms with E-state index >= 15 is 0 Å². The summed E-state index contributed by atoms with van der Waals surface area (Å²) in [5, 5.41) is 4.91. The zero-order valence-corrected chi connectivity index (χ0v) is 20.3. The third-order valence-corrected chi connectivity index (χ3v) is 5.33. The molecule has 0 aromatic heterocycles. The topological polar surface area (TPSA) is 129 Å². The van der Waals surface area contributed by atoms with E-state index in [1.54, 1.807) is 41.5 Å². The van der Waals surface area contributed by atoms with E-state index < -0.39 is 47.4 Å². The van der Waals surface area contributed by atoms with Gasteiger partial charge in [0.25, 0.3) is 0 Å². The highest BCUT2D eigenvalue weighted by Gasteiger charge is 2.27. The molecule has 0 fully saturated rings. The summed E-state index contributed by atoms with van der Waals surface area (Å²) >= 11 is 0. The Morgan fingerprint density at radius 3 is 1.23 bits per heavy atom. The minimum atomic E-state index is -0.947. The molecule has 0 aromatic rings. The number of hydrogen-bond donors (Lipinski definition) is 2. The van der Waals surface area contributed by atoms with Crippen LogP contribution < -0.4 is 10.6 Å². The van der Waals surface area contributed by atoms with Crippen LogP contribution in [-0.2, 0) is 28.5 Å². The molecule has 0 heterocycles. The summed E-state index contributed by atoms with van der Waals surface area (Å²) in [5.74, 6) is -0.968. The van der Waals surface area contributed by atoms with Gasteiger partial charge in [0.05, 0.1) is 14.2 Å². The Morgan fingerprint density at radius 2 is 1.00 bits per heavy atom. The molecule has 0 aromatic carbocycles. The Bertz CT molecular complexity index is 550. The monoisotopic (exact) mass is 468 g/mol. The summed E-state index contributed by atoms with van der Waals surface area (Å²) in [6.07, 6.45) is -1.50. The van der Waals surface area contributed by atoms with E-state index in [1.165, 1.54) is 35.8 Å². The fraction of sp³-hybridized carbons (Fsp3) is 0.778. The van der Waals surface area contributed by atoms with Gasteiger partial charge < -0.3 is 29.6 Å². The molecule has 0 spiro atoms. The first-order valence-electron chi connectivity index (χ1n) is 9.07. The van der Waals surface area contributed by atoms with Crippen molar-refractivity contribution in [2.45, 2.75) is 64.8 Å². The molecule has 30 heavy (non-hydrogen) atoms. The van der Waals surface area contributed by atoms with Crippen molar-refractivity contribution in [1.82, 2.24) is 10.6 Å². The third kappa shape index (κ3) is 13.4. The second-order valence-corrected chi connectivity index (χ2v) is 10.6. The van der Waals surface area contributed by atoms with Crippen LogP contribution in [-0.4, -0.2) is 73.1 Å². The Kier molecular flexibility index (Phi) is 12.0. The van der Waals surface area contributed by atoms with Gasteiger partial charge in [-0.15, -0.1) is 0 Å². The number of rotatable bonds is 9. The van der Waals surface area contributed by atoms with Crippen molar-refractivity contribution in [2.24, 2.45) is 0 Å². The number of amides is 2. The molecule has 2 amide bonds. The van der Waals surface area contributed by atoms with E-state index in [9.17, 15) is 19.2 Å². The lowest BCUT2D eigenvalue weighted by atomic mass is 10.2. The number of carbonyl (C=O) groups excluding carboxylic acids is 4. The third-order valence-electron chi connectivity index (χ3n) is 2.91. The lowest BCUT2D eigenvalue weighted by Crippen LogP contribution is -2.46. The summed E-state index contributed by atoms with van der Waals surface area (Å²) < 4.78 is 19.7. The minimum Gasteiger partial charge on any atom is -0.467 e. The van der Waals surface area contributed by atoms with E-state index in [1.807, 2.05) is 0 Å². The summed E-state index contributed by atoms with van der Waals surface area (Å²) in [6.45, 7) is 10.2. The molecule has 174 valence electrons. The van der Waals surface area contributed by atoms with E-state index in [2.05, 4.69) is 10.6 Å². The summed E-state index contributed by atoms with van der Waals surface area (Å²) in [5.41, 5.74) is -1.43. The molecule has 0 aliphatic carbocycles. The van der Waals surface area contributed by atoms with Crippen LogP contribution in [0.1, 0.15) is 41.5 Å². The highest BCUT2D eigenvalue weighted by Crippen LogP contribution is 2.24. The molecular formula is C18H32N2O8S2. The van der Waals surface area contributed by atoms with Crippen LogP contribution in [0.3, 0.4) is 0 Å². The zero-order chi connectivity index (χ0) is 23.5. The maximum atomic E-state index is 11.9. The number of nitrogens with one attached hydrogen (secondary N) is 2. The molecule has 0 saturated carbocycles. The van der Waals surface area contributed by atoms with Crippen LogP contribution in [0.5, 0.6) is 0 Å². The first-order valence-corrected chi connectivity index (χ1v) is 11.6. The zero-order valence-electron chi connectivity index (χ0n) is 18.7. The molecule has 0 rings (SSSR count). The fourth-order valence-corrected chi connectivity index (χ4v) is 4.05. The number of methoxy groups -OCH3 is 2. The standard InChI is InChI=1S/C18H32N2O8S2/c1-17(2,3)27-15(23)19-11(13(21)25-7)9-29-30-10-12(14(22)26-8)20-16(24)28-18(4,5)6/h11-12H,9-10H2,1-8H3,(H,19,23)(H,20,24). The smallest absolute Gasteiger partial charge is 0.408 e. The molecule has 2 N–H and O–H groups in total. The molecular weight excluding hydrogens is 436 g/mol. The van der Waals surface area contributed by atoms with Gasteiger partial charge in [-0.25, -0.2) is 19.2 Å². The number of hydrogen-bond acceptors (Lipinski definition) is 10. The van der Waals surface area contributed by atoms with E-state index in [4.69, 9.17) is 18.9 Å². The average molecular weight is 469 g/mol. The van der Waals surface area contributed by atoms with Gasteiger partial charge in [0.15, 0.2) is 0 Å². The van der Waals surface area contributed by atoms with Crippen molar-refractivity contribution >= 4 is 45.7 Å². The Labute approximate surface area is 185 Å². The molecule has 0 radical (unpaired) electrons. The summed E-state index contributed by atoms with van der Waals surface area (Å²) in [6, 6.07) is -1.89. The molecule has 2 unspecified atom stereocenters. The molecule has 12 heteroatoms. The molecule has 10 nitrogen and oxygen atoms in total. The SMILES string of the molecule is COC(=O)C(CSSCC(NC(=O)OC(C)(C)C)C(=O)OC)NC(=O)OC(C)(C)C. The van der Waals surface area contributed by atoms with Crippen LogP contribution >= 0.6 is 21.6 Å². The van der Waals surface area contributed by atoms with Crippen molar-refractivity contribution in [3.05, 3.63) is 0 Å². The fourth-order valence-electron chi connectivity index (χ4n) is 1.75. The number of ether oxygens (including phenoxy) is 4. The van der Waals surface area contributed by atoms with Gasteiger partial charge in [0.2, 0.25) is 0 Å². The van der Waals surface area contributed by atoms with Crippen LogP contribution in [0.4, 0.5) is 9.59 Å². The van der Waals surface area contributed by atoms with Crippen molar-refractivity contribution in [3.63, 3.8) is 0 Å². The lowest BCUT2D eigenvalue weighted by Gasteiger charge is -2.23. The highest BCUT2D eigenvalue weighted by molar-refractivity contribution is 8.76. The molecule has 2 atom stereocenters. The average Bonchev–Trinajstić information content (AvgIpc) is 2.58. The normalized spacial score (nSPS) is 13.5. The Morgan fingerprint density at radius 1 is 0.700 bits per heavy atom. The van der Waals surface area contributed by atoms with Crippen molar-refractivity contribution in [3.8, 4) is 0 Å². The van der Waals surface area contributed by atoms with Gasteiger partial charge in [0.1, 0.15) is 23.3 Å². The van der Waals surface area contributed by atoms with E-state index in [0.29, 0.717) is 0 Å².